The van der Waals surface area contributed by atoms with E-state index in [9.17, 15) is 0 Å². The molecule has 1 aliphatic heterocycles. The molecular formula is C20H34N4O2. The highest BCUT2D eigenvalue weighted by Crippen LogP contribution is 2.30. The number of rotatable bonds is 8. The van der Waals surface area contributed by atoms with Crippen LogP contribution in [0.3, 0.4) is 0 Å². The van der Waals surface area contributed by atoms with Gasteiger partial charge in [0.25, 0.3) is 0 Å². The summed E-state index contributed by atoms with van der Waals surface area (Å²) in [5.41, 5.74) is 0.920. The second-order valence-electron chi connectivity index (χ2n) is 6.80. The van der Waals surface area contributed by atoms with Crippen LogP contribution in [0.2, 0.25) is 0 Å². The van der Waals surface area contributed by atoms with Gasteiger partial charge < -0.3 is 25.0 Å². The highest BCUT2D eigenvalue weighted by Gasteiger charge is 2.14. The monoisotopic (exact) mass is 362 g/mol. The van der Waals surface area contributed by atoms with E-state index in [0.29, 0.717) is 12.4 Å². The lowest BCUT2D eigenvalue weighted by Gasteiger charge is -2.30. The van der Waals surface area contributed by atoms with Gasteiger partial charge in [0.2, 0.25) is 0 Å². The number of hydrogen-bond acceptors (Lipinski definition) is 4. The smallest absolute Gasteiger partial charge is 0.195 e. The van der Waals surface area contributed by atoms with Crippen LogP contribution in [0.1, 0.15) is 33.1 Å². The van der Waals surface area contributed by atoms with E-state index >= 15 is 0 Å². The molecule has 0 aromatic heterocycles. The quantitative estimate of drug-likeness (QED) is 0.422. The molecule has 0 spiro atoms. The number of ether oxygens (including phenoxy) is 2. The third-order valence-corrected chi connectivity index (χ3v) is 4.77. The van der Waals surface area contributed by atoms with Crippen LogP contribution in [-0.4, -0.2) is 57.8 Å². The minimum atomic E-state index is 0.613. The zero-order valence-corrected chi connectivity index (χ0v) is 16.7. The molecule has 1 aliphatic rings. The maximum absolute atomic E-state index is 5.55. The summed E-state index contributed by atoms with van der Waals surface area (Å²) >= 11 is 0. The Kier molecular flexibility index (Phi) is 8.54. The Morgan fingerprint density at radius 1 is 1.27 bits per heavy atom. The summed E-state index contributed by atoms with van der Waals surface area (Å²) in [4.78, 5) is 6.87. The van der Waals surface area contributed by atoms with Gasteiger partial charge in [0.1, 0.15) is 0 Å². The topological polar surface area (TPSA) is 58.1 Å². The van der Waals surface area contributed by atoms with Crippen molar-refractivity contribution in [2.75, 3.05) is 52.3 Å². The third-order valence-electron chi connectivity index (χ3n) is 4.77. The van der Waals surface area contributed by atoms with E-state index in [4.69, 9.17) is 9.47 Å². The molecule has 0 bridgehead atoms. The second kappa shape index (κ2) is 10.9. The Balaban J connectivity index is 1.76. The lowest BCUT2D eigenvalue weighted by Crippen LogP contribution is -2.36. The fourth-order valence-corrected chi connectivity index (χ4v) is 3.13. The molecule has 26 heavy (non-hydrogen) atoms. The molecule has 0 unspecified atom stereocenters. The molecule has 2 rings (SSSR count). The number of hydrogen-bond donors (Lipinski definition) is 2. The van der Waals surface area contributed by atoms with Crippen molar-refractivity contribution in [2.45, 2.75) is 33.1 Å². The highest BCUT2D eigenvalue weighted by atomic mass is 16.5. The van der Waals surface area contributed by atoms with Crippen LogP contribution in [0.5, 0.6) is 11.5 Å². The Labute approximate surface area is 158 Å². The molecular weight excluding hydrogens is 328 g/mol. The number of nitrogens with one attached hydrogen (secondary N) is 2. The fourth-order valence-electron chi connectivity index (χ4n) is 3.13. The van der Waals surface area contributed by atoms with Gasteiger partial charge in [-0.3, -0.25) is 4.99 Å². The van der Waals surface area contributed by atoms with Crippen LogP contribution in [0.15, 0.2) is 23.2 Å². The normalized spacial score (nSPS) is 16.4. The molecule has 1 aromatic rings. The van der Waals surface area contributed by atoms with E-state index in [0.717, 1.165) is 42.8 Å². The Morgan fingerprint density at radius 3 is 2.69 bits per heavy atom. The molecule has 1 saturated heterocycles. The van der Waals surface area contributed by atoms with Crippen molar-refractivity contribution in [3.63, 3.8) is 0 Å². The number of guanidine groups is 1. The van der Waals surface area contributed by atoms with Crippen molar-refractivity contribution < 1.29 is 9.47 Å². The minimum absolute atomic E-state index is 0.613. The molecule has 1 fully saturated rings. The van der Waals surface area contributed by atoms with Gasteiger partial charge in [-0.25, -0.2) is 0 Å². The second-order valence-corrected chi connectivity index (χ2v) is 6.80. The van der Waals surface area contributed by atoms with E-state index in [1.807, 2.05) is 25.1 Å². The van der Waals surface area contributed by atoms with Crippen LogP contribution >= 0.6 is 0 Å². The van der Waals surface area contributed by atoms with Gasteiger partial charge in [-0.05, 0) is 63.9 Å². The van der Waals surface area contributed by atoms with Gasteiger partial charge >= 0.3 is 0 Å². The summed E-state index contributed by atoms with van der Waals surface area (Å²) in [6.07, 6.45) is 3.77. The SMILES string of the molecule is CCOc1ccc(NC(=NC)NCCCN2CCC(C)CC2)cc1OC. The fraction of sp³-hybridized carbons (Fsp3) is 0.650. The molecule has 1 heterocycles. The third kappa shape index (κ3) is 6.41. The van der Waals surface area contributed by atoms with E-state index in [1.165, 1.54) is 25.9 Å². The molecule has 6 nitrogen and oxygen atoms in total. The molecule has 0 atom stereocenters. The van der Waals surface area contributed by atoms with Gasteiger partial charge in [-0.2, -0.15) is 0 Å². The summed E-state index contributed by atoms with van der Waals surface area (Å²) in [6, 6.07) is 5.80. The molecule has 0 radical (unpaired) electrons. The average molecular weight is 363 g/mol. The van der Waals surface area contributed by atoms with Crippen LogP contribution < -0.4 is 20.1 Å². The maximum atomic E-state index is 5.55. The summed E-state index contributed by atoms with van der Waals surface area (Å²) in [7, 11) is 3.43. The first-order valence-electron chi connectivity index (χ1n) is 9.67. The van der Waals surface area contributed by atoms with Crippen molar-refractivity contribution in [1.29, 1.82) is 0 Å². The van der Waals surface area contributed by atoms with E-state index < -0.39 is 0 Å². The largest absolute Gasteiger partial charge is 0.493 e. The van der Waals surface area contributed by atoms with Crippen LogP contribution in [-0.2, 0) is 0 Å². The van der Waals surface area contributed by atoms with Gasteiger partial charge in [-0.15, -0.1) is 0 Å². The maximum Gasteiger partial charge on any atom is 0.195 e. The Hall–Kier alpha value is -1.95. The number of anilines is 1. The molecule has 0 saturated carbocycles. The molecule has 2 N–H and O–H groups in total. The van der Waals surface area contributed by atoms with Gasteiger partial charge in [-0.1, -0.05) is 6.92 Å². The molecule has 6 heteroatoms. The number of methoxy groups -OCH3 is 1. The molecule has 0 amide bonds. The summed E-state index contributed by atoms with van der Waals surface area (Å²) in [5.74, 6) is 3.12. The van der Waals surface area contributed by atoms with Gasteiger partial charge in [0.15, 0.2) is 17.5 Å². The predicted octanol–water partition coefficient (Wildman–Crippen LogP) is 3.20. The number of likely N-dealkylation sites (tertiary alicyclic amines) is 1. The first-order chi connectivity index (χ1) is 12.7. The van der Waals surface area contributed by atoms with E-state index in [2.05, 4.69) is 27.4 Å². The van der Waals surface area contributed by atoms with E-state index in [-0.39, 0.29) is 0 Å². The molecule has 0 aliphatic carbocycles. The minimum Gasteiger partial charge on any atom is -0.493 e. The predicted molar refractivity (Wildman–Crippen MR) is 109 cm³/mol. The summed E-state index contributed by atoms with van der Waals surface area (Å²) < 4.78 is 11.0. The van der Waals surface area contributed by atoms with Crippen molar-refractivity contribution in [2.24, 2.45) is 10.9 Å². The Morgan fingerprint density at radius 2 is 2.04 bits per heavy atom. The zero-order chi connectivity index (χ0) is 18.8. The van der Waals surface area contributed by atoms with Crippen molar-refractivity contribution >= 4 is 11.6 Å². The lowest BCUT2D eigenvalue weighted by atomic mass is 9.99. The van der Waals surface area contributed by atoms with Crippen LogP contribution in [0.4, 0.5) is 5.69 Å². The number of nitrogens with zero attached hydrogens (tertiary/aromatic N) is 2. The Bertz CT molecular complexity index is 569. The highest BCUT2D eigenvalue weighted by molar-refractivity contribution is 5.93. The van der Waals surface area contributed by atoms with Crippen LogP contribution in [0.25, 0.3) is 0 Å². The van der Waals surface area contributed by atoms with Crippen molar-refractivity contribution in [1.82, 2.24) is 10.2 Å². The van der Waals surface area contributed by atoms with Gasteiger partial charge in [0.05, 0.1) is 13.7 Å². The summed E-state index contributed by atoms with van der Waals surface area (Å²) in [5, 5.41) is 6.69. The standard InChI is InChI=1S/C20H34N4O2/c1-5-26-18-8-7-17(15-19(18)25-4)23-20(21-3)22-11-6-12-24-13-9-16(2)10-14-24/h7-8,15-16H,5-6,9-14H2,1-4H3,(H2,21,22,23). The van der Waals surface area contributed by atoms with Crippen molar-refractivity contribution in [3.8, 4) is 11.5 Å². The van der Waals surface area contributed by atoms with Gasteiger partial charge in [0, 0.05) is 25.3 Å². The first kappa shape index (κ1) is 20.4. The van der Waals surface area contributed by atoms with E-state index in [1.54, 1.807) is 14.2 Å². The van der Waals surface area contributed by atoms with Crippen molar-refractivity contribution in [3.05, 3.63) is 18.2 Å². The zero-order valence-electron chi connectivity index (χ0n) is 16.7. The number of piperidine rings is 1. The number of aliphatic imine (C=N–C) groups is 1. The number of benzene rings is 1. The molecule has 146 valence electrons. The van der Waals surface area contributed by atoms with Crippen LogP contribution in [0, 0.1) is 5.92 Å². The average Bonchev–Trinajstić information content (AvgIpc) is 2.66. The molecule has 1 aromatic carbocycles. The summed E-state index contributed by atoms with van der Waals surface area (Å²) in [6.45, 7) is 9.45. The lowest BCUT2D eigenvalue weighted by molar-refractivity contribution is 0.191. The first-order valence-corrected chi connectivity index (χ1v) is 9.67.